The van der Waals surface area contributed by atoms with E-state index in [2.05, 4.69) is 17.6 Å². The average molecular weight is 322 g/mol. The Bertz CT molecular complexity index is 537. The zero-order valence-corrected chi connectivity index (χ0v) is 14.2. The molecule has 1 fully saturated rings. The summed E-state index contributed by atoms with van der Waals surface area (Å²) in [6.07, 6.45) is 10.6. The lowest BCUT2D eigenvalue weighted by Crippen LogP contribution is -2.29. The number of thiocarbonyl (C=S) groups is 1. The van der Waals surface area contributed by atoms with Gasteiger partial charge in [-0.2, -0.15) is 11.8 Å². The summed E-state index contributed by atoms with van der Waals surface area (Å²) in [5, 5.41) is 4.44. The van der Waals surface area contributed by atoms with Gasteiger partial charge in [0.15, 0.2) is 0 Å². The highest BCUT2D eigenvalue weighted by atomic mass is 32.2. The Morgan fingerprint density at radius 3 is 2.76 bits per heavy atom. The van der Waals surface area contributed by atoms with Crippen molar-refractivity contribution in [1.82, 2.24) is 4.98 Å². The first-order chi connectivity index (χ1) is 10.2. The molecule has 0 aliphatic heterocycles. The fourth-order valence-corrected chi connectivity index (χ4v) is 4.31. The van der Waals surface area contributed by atoms with E-state index >= 15 is 0 Å². The maximum Gasteiger partial charge on any atom is 0.136 e. The zero-order valence-electron chi connectivity index (χ0n) is 12.5. The van der Waals surface area contributed by atoms with Crippen molar-refractivity contribution in [3.8, 4) is 0 Å². The molecule has 1 saturated carbocycles. The van der Waals surface area contributed by atoms with Crippen LogP contribution in [0.2, 0.25) is 0 Å². The number of nitrogens with one attached hydrogen (secondary N) is 1. The molecule has 0 bridgehead atoms. The molecule has 0 unspecified atom stereocenters. The number of hydrogen-bond donors (Lipinski definition) is 2. The molecule has 2 aliphatic carbocycles. The van der Waals surface area contributed by atoms with Gasteiger partial charge in [-0.25, -0.2) is 4.98 Å². The Balaban J connectivity index is 1.77. The highest BCUT2D eigenvalue weighted by Gasteiger charge is 2.23. The van der Waals surface area contributed by atoms with Crippen molar-refractivity contribution in [1.29, 1.82) is 0 Å². The van der Waals surface area contributed by atoms with Crippen LogP contribution in [0.25, 0.3) is 0 Å². The third-order valence-electron chi connectivity index (χ3n) is 4.66. The number of nitrogens with zero attached hydrogens (tertiary/aromatic N) is 1. The number of thioether (sulfide) groups is 1. The molecule has 5 heteroatoms. The van der Waals surface area contributed by atoms with E-state index in [1.807, 2.05) is 11.8 Å². The summed E-state index contributed by atoms with van der Waals surface area (Å²) in [6, 6.07) is 2.67. The minimum Gasteiger partial charge on any atom is -0.389 e. The lowest BCUT2D eigenvalue weighted by molar-refractivity contribution is 0.472. The lowest BCUT2D eigenvalue weighted by Gasteiger charge is -2.29. The van der Waals surface area contributed by atoms with Crippen LogP contribution in [-0.4, -0.2) is 27.5 Å². The second-order valence-electron chi connectivity index (χ2n) is 6.06. The van der Waals surface area contributed by atoms with Crippen LogP contribution < -0.4 is 11.1 Å². The topological polar surface area (TPSA) is 50.9 Å². The van der Waals surface area contributed by atoms with Crippen LogP contribution in [0.4, 0.5) is 5.82 Å². The Morgan fingerprint density at radius 2 is 2.10 bits per heavy atom. The number of nitrogens with two attached hydrogens (primary N) is 1. The van der Waals surface area contributed by atoms with Gasteiger partial charge in [0.25, 0.3) is 0 Å². The summed E-state index contributed by atoms with van der Waals surface area (Å²) in [7, 11) is 0. The number of fused-ring (bicyclic) bond motifs is 1. The first kappa shape index (κ1) is 15.1. The van der Waals surface area contributed by atoms with Crippen molar-refractivity contribution in [3.63, 3.8) is 0 Å². The third-order valence-corrected chi connectivity index (χ3v) is 6.02. The molecular formula is C16H23N3S2. The number of aryl methyl sites for hydroxylation is 2. The zero-order chi connectivity index (χ0) is 14.8. The normalized spacial score (nSPS) is 24.6. The predicted octanol–water partition coefficient (Wildman–Crippen LogP) is 3.29. The molecule has 1 aromatic heterocycles. The molecule has 0 spiro atoms. The van der Waals surface area contributed by atoms with Crippen molar-refractivity contribution in [2.24, 2.45) is 5.73 Å². The van der Waals surface area contributed by atoms with E-state index in [1.165, 1.54) is 43.4 Å². The van der Waals surface area contributed by atoms with Gasteiger partial charge in [0, 0.05) is 17.0 Å². The van der Waals surface area contributed by atoms with Gasteiger partial charge in [0.05, 0.1) is 5.56 Å². The van der Waals surface area contributed by atoms with Gasteiger partial charge in [-0.15, -0.1) is 0 Å². The van der Waals surface area contributed by atoms with Gasteiger partial charge in [-0.3, -0.25) is 0 Å². The molecule has 21 heavy (non-hydrogen) atoms. The monoisotopic (exact) mass is 321 g/mol. The minimum absolute atomic E-state index is 0.456. The van der Waals surface area contributed by atoms with Crippen LogP contribution in [0, 0.1) is 0 Å². The standard InChI is InChI=1S/C16H23N3S2/c1-21-12-7-5-11(6-8-12)18-16-13(15(17)20)9-10-3-2-4-14(10)19-16/h9,11-12H,2-8H2,1H3,(H2,17,20)(H,18,19). The van der Waals surface area contributed by atoms with Crippen LogP contribution in [0.5, 0.6) is 0 Å². The summed E-state index contributed by atoms with van der Waals surface area (Å²) in [5.74, 6) is 0.913. The molecule has 0 aromatic carbocycles. The number of hydrogen-bond acceptors (Lipinski definition) is 4. The molecule has 0 saturated heterocycles. The molecular weight excluding hydrogens is 298 g/mol. The van der Waals surface area contributed by atoms with Crippen molar-refractivity contribution in [2.45, 2.75) is 56.2 Å². The highest BCUT2D eigenvalue weighted by Crippen LogP contribution is 2.30. The first-order valence-electron chi connectivity index (χ1n) is 7.79. The van der Waals surface area contributed by atoms with Gasteiger partial charge in [-0.1, -0.05) is 12.2 Å². The molecule has 0 amide bonds. The van der Waals surface area contributed by atoms with Gasteiger partial charge in [0.2, 0.25) is 0 Å². The van der Waals surface area contributed by atoms with Crippen molar-refractivity contribution < 1.29 is 0 Å². The van der Waals surface area contributed by atoms with E-state index in [-0.39, 0.29) is 0 Å². The van der Waals surface area contributed by atoms with Crippen LogP contribution in [0.15, 0.2) is 6.07 Å². The molecule has 3 N–H and O–H groups in total. The smallest absolute Gasteiger partial charge is 0.136 e. The Labute approximate surface area is 136 Å². The van der Waals surface area contributed by atoms with Crippen LogP contribution >= 0.6 is 24.0 Å². The van der Waals surface area contributed by atoms with E-state index in [0.717, 1.165) is 29.5 Å². The molecule has 0 radical (unpaired) electrons. The summed E-state index contributed by atoms with van der Waals surface area (Å²) in [5.41, 5.74) is 9.39. The summed E-state index contributed by atoms with van der Waals surface area (Å²) in [4.78, 5) is 5.28. The van der Waals surface area contributed by atoms with Crippen molar-refractivity contribution in [3.05, 3.63) is 22.9 Å². The summed E-state index contributed by atoms with van der Waals surface area (Å²) >= 11 is 7.21. The second kappa shape index (κ2) is 6.53. The van der Waals surface area contributed by atoms with E-state index in [1.54, 1.807) is 0 Å². The van der Waals surface area contributed by atoms with E-state index in [0.29, 0.717) is 11.0 Å². The van der Waals surface area contributed by atoms with Gasteiger partial charge >= 0.3 is 0 Å². The number of anilines is 1. The van der Waals surface area contributed by atoms with E-state index < -0.39 is 0 Å². The maximum absolute atomic E-state index is 5.91. The van der Waals surface area contributed by atoms with E-state index in [9.17, 15) is 0 Å². The summed E-state index contributed by atoms with van der Waals surface area (Å²) < 4.78 is 0. The molecule has 3 rings (SSSR count). The van der Waals surface area contributed by atoms with E-state index in [4.69, 9.17) is 22.9 Å². The third kappa shape index (κ3) is 3.34. The summed E-state index contributed by atoms with van der Waals surface area (Å²) in [6.45, 7) is 0. The van der Waals surface area contributed by atoms with Gasteiger partial charge < -0.3 is 11.1 Å². The van der Waals surface area contributed by atoms with Gasteiger partial charge in [0.1, 0.15) is 10.8 Å². The van der Waals surface area contributed by atoms with Crippen LogP contribution in [-0.2, 0) is 12.8 Å². The fourth-order valence-electron chi connectivity index (χ4n) is 3.41. The lowest BCUT2D eigenvalue weighted by atomic mass is 9.95. The van der Waals surface area contributed by atoms with Crippen molar-refractivity contribution in [2.75, 3.05) is 11.6 Å². The van der Waals surface area contributed by atoms with Crippen molar-refractivity contribution >= 4 is 34.8 Å². The van der Waals surface area contributed by atoms with Crippen LogP contribution in [0.3, 0.4) is 0 Å². The molecule has 3 nitrogen and oxygen atoms in total. The molecule has 0 atom stereocenters. The molecule has 1 aromatic rings. The van der Waals surface area contributed by atoms with Gasteiger partial charge in [-0.05, 0) is 62.8 Å². The largest absolute Gasteiger partial charge is 0.389 e. The average Bonchev–Trinajstić information content (AvgIpc) is 2.94. The molecule has 114 valence electrons. The molecule has 2 aliphatic rings. The maximum atomic E-state index is 5.91. The molecule has 1 heterocycles. The van der Waals surface area contributed by atoms with Crippen LogP contribution in [0.1, 0.15) is 48.9 Å². The highest BCUT2D eigenvalue weighted by molar-refractivity contribution is 7.99. The Kier molecular flexibility index (Phi) is 4.69. The minimum atomic E-state index is 0.456. The first-order valence-corrected chi connectivity index (χ1v) is 9.49. The second-order valence-corrected chi connectivity index (χ2v) is 7.64. The number of pyridine rings is 1. The quantitative estimate of drug-likeness (QED) is 0.834. The fraction of sp³-hybridized carbons (Fsp3) is 0.625. The number of rotatable bonds is 4. The number of aromatic nitrogens is 1. The Hall–Kier alpha value is -0.810. The predicted molar refractivity (Wildman–Crippen MR) is 95.3 cm³/mol. The SMILES string of the molecule is CSC1CCC(Nc2nc3c(cc2C(N)=S)CCC3)CC1. The Morgan fingerprint density at radius 1 is 1.33 bits per heavy atom.